The fourth-order valence-electron chi connectivity index (χ4n) is 2.42. The molecule has 1 fully saturated rings. The lowest BCUT2D eigenvalue weighted by atomic mass is 10.1. The molecule has 1 aliphatic carbocycles. The van der Waals surface area contributed by atoms with E-state index in [1.807, 2.05) is 11.7 Å². The van der Waals surface area contributed by atoms with Gasteiger partial charge in [-0.2, -0.15) is 5.10 Å². The second kappa shape index (κ2) is 5.99. The highest BCUT2D eigenvalue weighted by atomic mass is 15.3. The van der Waals surface area contributed by atoms with Crippen LogP contribution in [0, 0.1) is 0 Å². The van der Waals surface area contributed by atoms with Crippen molar-refractivity contribution in [2.75, 3.05) is 6.54 Å². The largest absolute Gasteiger partial charge is 0.314 e. The zero-order valence-electron chi connectivity index (χ0n) is 10.2. The van der Waals surface area contributed by atoms with E-state index in [-0.39, 0.29) is 0 Å². The van der Waals surface area contributed by atoms with Crippen molar-refractivity contribution in [3.05, 3.63) is 12.2 Å². The van der Waals surface area contributed by atoms with Crippen molar-refractivity contribution in [3.63, 3.8) is 0 Å². The van der Waals surface area contributed by atoms with Crippen LogP contribution >= 0.6 is 0 Å². The summed E-state index contributed by atoms with van der Waals surface area (Å²) < 4.78 is 1.86. The van der Waals surface area contributed by atoms with E-state index in [2.05, 4.69) is 15.4 Å². The second-order valence-electron chi connectivity index (χ2n) is 4.69. The summed E-state index contributed by atoms with van der Waals surface area (Å²) in [6.45, 7) is 1.02. The lowest BCUT2D eigenvalue weighted by Crippen LogP contribution is -2.30. The maximum Gasteiger partial charge on any atom is 0.138 e. The summed E-state index contributed by atoms with van der Waals surface area (Å²) in [5.74, 6) is 1.07. The molecule has 0 aromatic carbocycles. The summed E-state index contributed by atoms with van der Waals surface area (Å²) in [6, 6.07) is 0.732. The van der Waals surface area contributed by atoms with Crippen LogP contribution in [0.15, 0.2) is 6.33 Å². The topological polar surface area (TPSA) is 42.7 Å². The Morgan fingerprint density at radius 1 is 1.31 bits per heavy atom. The molecule has 0 atom stereocenters. The van der Waals surface area contributed by atoms with E-state index in [1.165, 1.54) is 38.5 Å². The van der Waals surface area contributed by atoms with E-state index >= 15 is 0 Å². The van der Waals surface area contributed by atoms with E-state index in [1.54, 1.807) is 6.33 Å². The standard InChI is InChI=1S/C12H22N4/c1-16-12(14-10-15-16)8-9-13-11-6-4-2-3-5-7-11/h10-11,13H,2-9H2,1H3. The summed E-state index contributed by atoms with van der Waals surface area (Å²) in [7, 11) is 1.95. The average Bonchev–Trinajstić information content (AvgIpc) is 2.55. The molecule has 1 heterocycles. The Bertz CT molecular complexity index is 300. The van der Waals surface area contributed by atoms with Crippen molar-refractivity contribution in [1.82, 2.24) is 20.1 Å². The number of rotatable bonds is 4. The Morgan fingerprint density at radius 2 is 2.06 bits per heavy atom. The molecule has 0 aliphatic heterocycles. The van der Waals surface area contributed by atoms with Gasteiger partial charge < -0.3 is 5.32 Å². The summed E-state index contributed by atoms with van der Waals surface area (Å²) in [5, 5.41) is 7.72. The summed E-state index contributed by atoms with van der Waals surface area (Å²) in [6.07, 6.45) is 10.9. The zero-order chi connectivity index (χ0) is 11.2. The van der Waals surface area contributed by atoms with Gasteiger partial charge in [0, 0.05) is 26.1 Å². The van der Waals surface area contributed by atoms with Crippen LogP contribution in [0.5, 0.6) is 0 Å². The molecule has 1 aliphatic rings. The van der Waals surface area contributed by atoms with E-state index in [0.717, 1.165) is 24.8 Å². The molecular formula is C12H22N4. The summed E-state index contributed by atoms with van der Waals surface area (Å²) >= 11 is 0. The van der Waals surface area contributed by atoms with Crippen molar-refractivity contribution in [1.29, 1.82) is 0 Å². The zero-order valence-corrected chi connectivity index (χ0v) is 10.2. The molecule has 16 heavy (non-hydrogen) atoms. The van der Waals surface area contributed by atoms with Crippen molar-refractivity contribution in [3.8, 4) is 0 Å². The molecule has 0 bridgehead atoms. The van der Waals surface area contributed by atoms with Gasteiger partial charge in [-0.05, 0) is 12.8 Å². The van der Waals surface area contributed by atoms with Crippen molar-refractivity contribution in [2.24, 2.45) is 7.05 Å². The number of nitrogens with one attached hydrogen (secondary N) is 1. The molecule has 0 saturated heterocycles. The van der Waals surface area contributed by atoms with E-state index in [4.69, 9.17) is 0 Å². The first-order valence-corrected chi connectivity index (χ1v) is 6.42. The quantitative estimate of drug-likeness (QED) is 0.788. The van der Waals surface area contributed by atoms with Crippen molar-refractivity contribution in [2.45, 2.75) is 51.0 Å². The molecule has 4 nitrogen and oxygen atoms in total. The lowest BCUT2D eigenvalue weighted by Gasteiger charge is -2.15. The van der Waals surface area contributed by atoms with Crippen LogP contribution in [0.4, 0.5) is 0 Å². The highest BCUT2D eigenvalue weighted by molar-refractivity contribution is 4.84. The van der Waals surface area contributed by atoms with Gasteiger partial charge >= 0.3 is 0 Å². The molecule has 0 amide bonds. The van der Waals surface area contributed by atoms with Crippen LogP contribution in [0.1, 0.15) is 44.3 Å². The summed E-state index contributed by atoms with van der Waals surface area (Å²) in [4.78, 5) is 4.23. The van der Waals surface area contributed by atoms with Gasteiger partial charge in [0.2, 0.25) is 0 Å². The van der Waals surface area contributed by atoms with Crippen LogP contribution < -0.4 is 5.32 Å². The monoisotopic (exact) mass is 222 g/mol. The Kier molecular flexibility index (Phi) is 4.34. The Labute approximate surface area is 97.5 Å². The Morgan fingerprint density at radius 3 is 2.69 bits per heavy atom. The molecule has 0 radical (unpaired) electrons. The third-order valence-electron chi connectivity index (χ3n) is 3.44. The molecule has 0 spiro atoms. The first kappa shape index (κ1) is 11.6. The van der Waals surface area contributed by atoms with E-state index < -0.39 is 0 Å². The molecule has 2 rings (SSSR count). The normalized spacial score (nSPS) is 18.6. The van der Waals surface area contributed by atoms with E-state index in [0.29, 0.717) is 0 Å². The average molecular weight is 222 g/mol. The maximum atomic E-state index is 4.23. The fraction of sp³-hybridized carbons (Fsp3) is 0.833. The molecule has 1 N–H and O–H groups in total. The number of hydrogen-bond acceptors (Lipinski definition) is 3. The van der Waals surface area contributed by atoms with Gasteiger partial charge in [0.15, 0.2) is 0 Å². The number of hydrogen-bond donors (Lipinski definition) is 1. The smallest absolute Gasteiger partial charge is 0.138 e. The Hall–Kier alpha value is -0.900. The van der Waals surface area contributed by atoms with Crippen molar-refractivity contribution < 1.29 is 0 Å². The molecule has 1 saturated carbocycles. The van der Waals surface area contributed by atoms with Gasteiger partial charge in [-0.1, -0.05) is 25.7 Å². The predicted octanol–water partition coefficient (Wildman–Crippen LogP) is 1.67. The van der Waals surface area contributed by atoms with Gasteiger partial charge in [-0.15, -0.1) is 0 Å². The SMILES string of the molecule is Cn1ncnc1CCNC1CCCCCC1. The van der Waals surface area contributed by atoms with Gasteiger partial charge in [0.25, 0.3) is 0 Å². The lowest BCUT2D eigenvalue weighted by molar-refractivity contribution is 0.458. The van der Waals surface area contributed by atoms with Gasteiger partial charge in [0.05, 0.1) is 0 Å². The van der Waals surface area contributed by atoms with Crippen LogP contribution in [-0.2, 0) is 13.5 Å². The van der Waals surface area contributed by atoms with Crippen molar-refractivity contribution >= 4 is 0 Å². The minimum Gasteiger partial charge on any atom is -0.314 e. The number of aromatic nitrogens is 3. The minimum absolute atomic E-state index is 0.732. The first-order chi connectivity index (χ1) is 7.86. The third-order valence-corrected chi connectivity index (χ3v) is 3.44. The number of aryl methyl sites for hydroxylation is 1. The van der Waals surface area contributed by atoms with Crippen LogP contribution in [-0.4, -0.2) is 27.4 Å². The maximum absolute atomic E-state index is 4.23. The molecule has 90 valence electrons. The molecular weight excluding hydrogens is 200 g/mol. The summed E-state index contributed by atoms with van der Waals surface area (Å²) in [5.41, 5.74) is 0. The predicted molar refractivity (Wildman–Crippen MR) is 64.2 cm³/mol. The third kappa shape index (κ3) is 3.30. The second-order valence-corrected chi connectivity index (χ2v) is 4.69. The highest BCUT2D eigenvalue weighted by Gasteiger charge is 2.11. The minimum atomic E-state index is 0.732. The van der Waals surface area contributed by atoms with Crippen LogP contribution in [0.2, 0.25) is 0 Å². The number of nitrogens with zero attached hydrogens (tertiary/aromatic N) is 3. The molecule has 1 aromatic rings. The van der Waals surface area contributed by atoms with Crippen LogP contribution in [0.25, 0.3) is 0 Å². The van der Waals surface area contributed by atoms with E-state index in [9.17, 15) is 0 Å². The fourth-order valence-corrected chi connectivity index (χ4v) is 2.42. The van der Waals surface area contributed by atoms with Crippen LogP contribution in [0.3, 0.4) is 0 Å². The highest BCUT2D eigenvalue weighted by Crippen LogP contribution is 2.16. The molecule has 0 unspecified atom stereocenters. The Balaban J connectivity index is 1.69. The molecule has 1 aromatic heterocycles. The van der Waals surface area contributed by atoms with Gasteiger partial charge in [0.1, 0.15) is 12.2 Å². The first-order valence-electron chi connectivity index (χ1n) is 6.42. The van der Waals surface area contributed by atoms with Gasteiger partial charge in [-0.25, -0.2) is 4.98 Å². The molecule has 4 heteroatoms. The van der Waals surface area contributed by atoms with Gasteiger partial charge in [-0.3, -0.25) is 4.68 Å².